The zero-order valence-corrected chi connectivity index (χ0v) is 6.39. The molecule has 0 spiro atoms. The van der Waals surface area contributed by atoms with E-state index in [0.29, 0.717) is 5.92 Å². The fourth-order valence-electron chi connectivity index (χ4n) is 1.23. The third-order valence-electron chi connectivity index (χ3n) is 1.84. The van der Waals surface area contributed by atoms with E-state index in [1.807, 2.05) is 0 Å². The van der Waals surface area contributed by atoms with Gasteiger partial charge in [-0.05, 0) is 18.9 Å². The van der Waals surface area contributed by atoms with Crippen LogP contribution >= 0.6 is 0 Å². The molecular weight excluding hydrogens is 130 g/mol. The van der Waals surface area contributed by atoms with Crippen LogP contribution in [-0.4, -0.2) is 25.7 Å². The lowest BCUT2D eigenvalue weighted by Gasteiger charge is -2.05. The monoisotopic (exact) mass is 143 g/mol. The summed E-state index contributed by atoms with van der Waals surface area (Å²) < 4.78 is 4.58. The zero-order valence-electron chi connectivity index (χ0n) is 6.39. The van der Waals surface area contributed by atoms with Gasteiger partial charge >= 0.3 is 5.97 Å². The maximum atomic E-state index is 10.9. The average Bonchev–Trinajstić information content (AvgIpc) is 2.34. The molecule has 0 unspecified atom stereocenters. The first-order valence-electron chi connectivity index (χ1n) is 3.55. The van der Waals surface area contributed by atoms with E-state index >= 15 is 0 Å². The standard InChI is InChI=1S/C7H13NO2/c1-5-3-6(8-4-5)7(9)10-2/h5-6,8H,3-4H2,1-2H3/t5-,6-/m0/s1. The van der Waals surface area contributed by atoms with E-state index in [0.717, 1.165) is 13.0 Å². The van der Waals surface area contributed by atoms with Gasteiger partial charge in [0.05, 0.1) is 7.11 Å². The minimum atomic E-state index is -0.135. The first-order chi connectivity index (χ1) is 4.74. The van der Waals surface area contributed by atoms with Crippen molar-refractivity contribution >= 4 is 5.97 Å². The number of rotatable bonds is 1. The molecule has 1 N–H and O–H groups in total. The number of hydrogen-bond donors (Lipinski definition) is 1. The molecule has 1 aliphatic heterocycles. The quantitative estimate of drug-likeness (QED) is 0.531. The predicted molar refractivity (Wildman–Crippen MR) is 37.6 cm³/mol. The summed E-state index contributed by atoms with van der Waals surface area (Å²) in [5.74, 6) is 0.466. The van der Waals surface area contributed by atoms with Crippen LogP contribution in [0, 0.1) is 5.92 Å². The molecule has 10 heavy (non-hydrogen) atoms. The Bertz CT molecular complexity index is 136. The smallest absolute Gasteiger partial charge is 0.322 e. The zero-order chi connectivity index (χ0) is 7.56. The summed E-state index contributed by atoms with van der Waals surface area (Å²) in [6.07, 6.45) is 0.909. The fraction of sp³-hybridized carbons (Fsp3) is 0.857. The number of methoxy groups -OCH3 is 1. The summed E-state index contributed by atoms with van der Waals surface area (Å²) >= 11 is 0. The molecule has 0 aromatic rings. The van der Waals surface area contributed by atoms with E-state index < -0.39 is 0 Å². The van der Waals surface area contributed by atoms with Gasteiger partial charge in [-0.15, -0.1) is 0 Å². The van der Waals surface area contributed by atoms with E-state index in [-0.39, 0.29) is 12.0 Å². The Kier molecular flexibility index (Phi) is 2.27. The molecule has 1 saturated heterocycles. The Labute approximate surface area is 60.7 Å². The molecule has 0 amide bonds. The fourth-order valence-corrected chi connectivity index (χ4v) is 1.23. The van der Waals surface area contributed by atoms with Crippen molar-refractivity contribution in [2.45, 2.75) is 19.4 Å². The topological polar surface area (TPSA) is 38.3 Å². The van der Waals surface area contributed by atoms with Crippen molar-refractivity contribution in [3.05, 3.63) is 0 Å². The average molecular weight is 143 g/mol. The van der Waals surface area contributed by atoms with Crippen LogP contribution in [0.25, 0.3) is 0 Å². The van der Waals surface area contributed by atoms with Gasteiger partial charge in [-0.3, -0.25) is 4.79 Å². The molecule has 0 radical (unpaired) electrons. The first-order valence-corrected chi connectivity index (χ1v) is 3.55. The van der Waals surface area contributed by atoms with E-state index in [1.165, 1.54) is 7.11 Å². The van der Waals surface area contributed by atoms with Crippen molar-refractivity contribution in [3.8, 4) is 0 Å². The lowest BCUT2D eigenvalue weighted by atomic mass is 10.1. The van der Waals surface area contributed by atoms with Crippen LogP contribution in [0.5, 0.6) is 0 Å². The lowest BCUT2D eigenvalue weighted by molar-refractivity contribution is -0.142. The van der Waals surface area contributed by atoms with Crippen molar-refractivity contribution in [2.75, 3.05) is 13.7 Å². The number of esters is 1. The van der Waals surface area contributed by atoms with Crippen LogP contribution in [0.2, 0.25) is 0 Å². The van der Waals surface area contributed by atoms with Gasteiger partial charge in [-0.2, -0.15) is 0 Å². The second kappa shape index (κ2) is 3.01. The van der Waals surface area contributed by atoms with Crippen LogP contribution in [0.4, 0.5) is 0 Å². The number of ether oxygens (including phenoxy) is 1. The normalized spacial score (nSPS) is 32.2. The summed E-state index contributed by atoms with van der Waals surface area (Å²) in [6.45, 7) is 3.05. The van der Waals surface area contributed by atoms with Gasteiger partial charge < -0.3 is 10.1 Å². The van der Waals surface area contributed by atoms with Gasteiger partial charge in [0.15, 0.2) is 0 Å². The van der Waals surface area contributed by atoms with Gasteiger partial charge in [0.2, 0.25) is 0 Å². The number of carbonyl (C=O) groups is 1. The van der Waals surface area contributed by atoms with E-state index in [1.54, 1.807) is 0 Å². The number of nitrogens with one attached hydrogen (secondary N) is 1. The first kappa shape index (κ1) is 7.54. The SMILES string of the molecule is COC(=O)[C@@H]1C[C@H](C)CN1. The molecule has 3 heteroatoms. The Morgan fingerprint density at radius 1 is 1.70 bits per heavy atom. The molecular formula is C7H13NO2. The van der Waals surface area contributed by atoms with Crippen molar-refractivity contribution in [3.63, 3.8) is 0 Å². The maximum Gasteiger partial charge on any atom is 0.322 e. The molecule has 0 bridgehead atoms. The third kappa shape index (κ3) is 1.48. The van der Waals surface area contributed by atoms with Crippen LogP contribution in [0.15, 0.2) is 0 Å². The van der Waals surface area contributed by atoms with E-state index in [9.17, 15) is 4.79 Å². The molecule has 2 atom stereocenters. The molecule has 0 aromatic heterocycles. The third-order valence-corrected chi connectivity index (χ3v) is 1.84. The van der Waals surface area contributed by atoms with Crippen molar-refractivity contribution in [1.82, 2.24) is 5.32 Å². The van der Waals surface area contributed by atoms with Crippen molar-refractivity contribution in [2.24, 2.45) is 5.92 Å². The Hall–Kier alpha value is -0.570. The van der Waals surface area contributed by atoms with Crippen molar-refractivity contribution in [1.29, 1.82) is 0 Å². The summed E-state index contributed by atoms with van der Waals surface area (Å²) in [6, 6.07) is -0.0556. The summed E-state index contributed by atoms with van der Waals surface area (Å²) in [5.41, 5.74) is 0. The Morgan fingerprint density at radius 2 is 2.40 bits per heavy atom. The molecule has 1 rings (SSSR count). The predicted octanol–water partition coefficient (Wildman–Crippen LogP) is 0.157. The summed E-state index contributed by atoms with van der Waals surface area (Å²) in [7, 11) is 1.42. The van der Waals surface area contributed by atoms with Gasteiger partial charge in [-0.25, -0.2) is 0 Å². The molecule has 0 aromatic carbocycles. The Morgan fingerprint density at radius 3 is 2.80 bits per heavy atom. The molecule has 0 saturated carbocycles. The van der Waals surface area contributed by atoms with E-state index in [4.69, 9.17) is 0 Å². The number of carbonyl (C=O) groups excluding carboxylic acids is 1. The largest absolute Gasteiger partial charge is 0.468 e. The molecule has 0 aliphatic carbocycles. The van der Waals surface area contributed by atoms with Crippen LogP contribution in [0.3, 0.4) is 0 Å². The second-order valence-electron chi connectivity index (χ2n) is 2.82. The number of hydrogen-bond acceptors (Lipinski definition) is 3. The van der Waals surface area contributed by atoms with E-state index in [2.05, 4.69) is 17.0 Å². The highest BCUT2D eigenvalue weighted by molar-refractivity contribution is 5.75. The van der Waals surface area contributed by atoms with Gasteiger partial charge in [0, 0.05) is 0 Å². The highest BCUT2D eigenvalue weighted by atomic mass is 16.5. The minimum Gasteiger partial charge on any atom is -0.468 e. The summed E-state index contributed by atoms with van der Waals surface area (Å²) in [5, 5.41) is 3.08. The molecule has 3 nitrogen and oxygen atoms in total. The maximum absolute atomic E-state index is 10.9. The molecule has 1 heterocycles. The second-order valence-corrected chi connectivity index (χ2v) is 2.82. The van der Waals surface area contributed by atoms with Crippen LogP contribution < -0.4 is 5.32 Å². The highest BCUT2D eigenvalue weighted by Crippen LogP contribution is 2.13. The van der Waals surface area contributed by atoms with Crippen LogP contribution in [-0.2, 0) is 9.53 Å². The minimum absolute atomic E-state index is 0.0556. The van der Waals surface area contributed by atoms with Crippen molar-refractivity contribution < 1.29 is 9.53 Å². The van der Waals surface area contributed by atoms with Gasteiger partial charge in [0.25, 0.3) is 0 Å². The Balaban J connectivity index is 2.37. The molecule has 1 aliphatic rings. The lowest BCUT2D eigenvalue weighted by Crippen LogP contribution is -2.31. The molecule has 1 fully saturated rings. The molecule has 58 valence electrons. The highest BCUT2D eigenvalue weighted by Gasteiger charge is 2.26. The van der Waals surface area contributed by atoms with Crippen LogP contribution in [0.1, 0.15) is 13.3 Å². The summed E-state index contributed by atoms with van der Waals surface area (Å²) in [4.78, 5) is 10.9. The van der Waals surface area contributed by atoms with Gasteiger partial charge in [-0.1, -0.05) is 6.92 Å². The van der Waals surface area contributed by atoms with Gasteiger partial charge in [0.1, 0.15) is 6.04 Å².